The van der Waals surface area contributed by atoms with Crippen molar-refractivity contribution in [3.05, 3.63) is 83.7 Å². The minimum Gasteiger partial charge on any atom is -0.379 e. The van der Waals surface area contributed by atoms with E-state index in [9.17, 15) is 9.18 Å². The highest BCUT2D eigenvalue weighted by Gasteiger charge is 2.25. The Morgan fingerprint density at radius 3 is 2.34 bits per heavy atom. The van der Waals surface area contributed by atoms with Gasteiger partial charge in [-0.05, 0) is 35.9 Å². The van der Waals surface area contributed by atoms with E-state index in [4.69, 9.17) is 0 Å². The summed E-state index contributed by atoms with van der Waals surface area (Å²) in [5.41, 5.74) is 4.45. The van der Waals surface area contributed by atoms with Crippen molar-refractivity contribution in [2.75, 3.05) is 71.1 Å². The molecule has 0 aliphatic carbocycles. The van der Waals surface area contributed by atoms with Gasteiger partial charge in [0.05, 0.1) is 17.8 Å². The van der Waals surface area contributed by atoms with Gasteiger partial charge in [0.25, 0.3) is 5.91 Å². The standard InChI is InChI=1S/C27H35FN6O/c1-20-31(4)19-24(32(20)5)17-29-26-11-8-22(28)16-25(26)27(35)34-14-12-33(13-15-34)18-21-6-9-23(10-7-21)30(2)3/h6-11,16,19,29H,1,12-15,17-18H2,2-5H3. The van der Waals surface area contributed by atoms with Crippen LogP contribution in [0.4, 0.5) is 15.8 Å². The summed E-state index contributed by atoms with van der Waals surface area (Å²) in [5, 5.41) is 3.32. The third kappa shape index (κ3) is 5.59. The van der Waals surface area contributed by atoms with E-state index >= 15 is 0 Å². The van der Waals surface area contributed by atoms with Crippen molar-refractivity contribution in [3.8, 4) is 0 Å². The van der Waals surface area contributed by atoms with Gasteiger partial charge in [-0.1, -0.05) is 18.7 Å². The number of likely N-dealkylation sites (N-methyl/N-ethyl adjacent to an activating group) is 1. The Hall–Kier alpha value is -3.52. The van der Waals surface area contributed by atoms with Crippen LogP contribution in [-0.2, 0) is 6.54 Å². The first-order valence-electron chi connectivity index (χ1n) is 11.9. The first-order chi connectivity index (χ1) is 16.7. The molecule has 4 rings (SSSR count). The van der Waals surface area contributed by atoms with E-state index in [1.54, 1.807) is 6.07 Å². The molecule has 0 bridgehead atoms. The Morgan fingerprint density at radius 2 is 1.74 bits per heavy atom. The molecule has 2 aromatic rings. The molecule has 7 nitrogen and oxygen atoms in total. The third-order valence-corrected chi connectivity index (χ3v) is 6.76. The SMILES string of the molecule is C=C1N(C)C=C(CNc2ccc(F)cc2C(=O)N2CCN(Cc3ccc(N(C)C)cc3)CC2)N1C. The maximum absolute atomic E-state index is 14.1. The van der Waals surface area contributed by atoms with Crippen molar-refractivity contribution < 1.29 is 9.18 Å². The monoisotopic (exact) mass is 478 g/mol. The number of benzene rings is 2. The molecule has 1 fully saturated rings. The summed E-state index contributed by atoms with van der Waals surface area (Å²) in [7, 11) is 7.96. The molecule has 2 aliphatic heterocycles. The van der Waals surface area contributed by atoms with Crippen LogP contribution in [0.15, 0.2) is 66.8 Å². The number of amides is 1. The molecule has 1 amide bonds. The molecule has 2 heterocycles. The number of anilines is 2. The molecule has 0 aromatic heterocycles. The second kappa shape index (κ2) is 10.4. The van der Waals surface area contributed by atoms with Gasteiger partial charge in [0, 0.05) is 78.5 Å². The van der Waals surface area contributed by atoms with Crippen LogP contribution < -0.4 is 10.2 Å². The zero-order valence-corrected chi connectivity index (χ0v) is 21.1. The maximum Gasteiger partial charge on any atom is 0.256 e. The van der Waals surface area contributed by atoms with Gasteiger partial charge in [-0.3, -0.25) is 9.69 Å². The zero-order chi connectivity index (χ0) is 25.1. The summed E-state index contributed by atoms with van der Waals surface area (Å²) >= 11 is 0. The summed E-state index contributed by atoms with van der Waals surface area (Å²) in [5.74, 6) is 0.324. The predicted octanol–water partition coefficient (Wildman–Crippen LogP) is 3.45. The maximum atomic E-state index is 14.1. The average Bonchev–Trinajstić information content (AvgIpc) is 3.10. The molecule has 0 unspecified atom stereocenters. The molecule has 35 heavy (non-hydrogen) atoms. The highest BCUT2D eigenvalue weighted by molar-refractivity contribution is 5.99. The smallest absolute Gasteiger partial charge is 0.256 e. The molecule has 0 atom stereocenters. The summed E-state index contributed by atoms with van der Waals surface area (Å²) in [6.07, 6.45) is 1.99. The van der Waals surface area contributed by atoms with Crippen LogP contribution in [0.25, 0.3) is 0 Å². The molecule has 0 radical (unpaired) electrons. The van der Waals surface area contributed by atoms with Crippen molar-refractivity contribution in [1.82, 2.24) is 19.6 Å². The lowest BCUT2D eigenvalue weighted by Gasteiger charge is -2.35. The molecule has 1 N–H and O–H groups in total. The van der Waals surface area contributed by atoms with E-state index in [1.165, 1.54) is 23.4 Å². The van der Waals surface area contributed by atoms with Gasteiger partial charge in [0.2, 0.25) is 0 Å². The molecule has 2 aromatic carbocycles. The molecule has 0 saturated carbocycles. The Bertz CT molecular complexity index is 1110. The summed E-state index contributed by atoms with van der Waals surface area (Å²) in [6.45, 7) is 8.19. The fourth-order valence-electron chi connectivity index (χ4n) is 4.42. The van der Waals surface area contributed by atoms with Gasteiger partial charge in [0.15, 0.2) is 0 Å². The predicted molar refractivity (Wildman–Crippen MR) is 140 cm³/mol. The first-order valence-corrected chi connectivity index (χ1v) is 11.9. The molecule has 0 spiro atoms. The molecule has 186 valence electrons. The van der Waals surface area contributed by atoms with Gasteiger partial charge < -0.3 is 24.9 Å². The van der Waals surface area contributed by atoms with Crippen LogP contribution >= 0.6 is 0 Å². The van der Waals surface area contributed by atoms with Gasteiger partial charge in [-0.15, -0.1) is 0 Å². The van der Waals surface area contributed by atoms with Gasteiger partial charge in [-0.2, -0.15) is 0 Å². The molecule has 8 heteroatoms. The summed E-state index contributed by atoms with van der Waals surface area (Å²) in [6, 6.07) is 12.9. The van der Waals surface area contributed by atoms with Crippen LogP contribution in [-0.4, -0.2) is 86.4 Å². The van der Waals surface area contributed by atoms with E-state index in [-0.39, 0.29) is 5.91 Å². The number of nitrogens with one attached hydrogen (secondary N) is 1. The van der Waals surface area contributed by atoms with Crippen LogP contribution in [0, 0.1) is 5.82 Å². The number of carbonyl (C=O) groups excluding carboxylic acids is 1. The Balaban J connectivity index is 1.37. The number of hydrogen-bond donors (Lipinski definition) is 1. The van der Waals surface area contributed by atoms with E-state index in [2.05, 4.69) is 46.0 Å². The second-order valence-corrected chi connectivity index (χ2v) is 9.38. The highest BCUT2D eigenvalue weighted by atomic mass is 19.1. The first kappa shape index (κ1) is 24.6. The lowest BCUT2D eigenvalue weighted by atomic mass is 10.1. The van der Waals surface area contributed by atoms with Gasteiger partial charge >= 0.3 is 0 Å². The Morgan fingerprint density at radius 1 is 1.06 bits per heavy atom. The highest BCUT2D eigenvalue weighted by Crippen LogP contribution is 2.24. The fraction of sp³-hybridized carbons (Fsp3) is 0.370. The minimum absolute atomic E-state index is 0.141. The molecular formula is C27H35FN6O. The summed E-state index contributed by atoms with van der Waals surface area (Å²) < 4.78 is 14.1. The van der Waals surface area contributed by atoms with Crippen molar-refractivity contribution >= 4 is 17.3 Å². The van der Waals surface area contributed by atoms with Crippen molar-refractivity contribution in [2.24, 2.45) is 0 Å². The number of rotatable bonds is 7. The van der Waals surface area contributed by atoms with Crippen LogP contribution in [0.5, 0.6) is 0 Å². The van der Waals surface area contributed by atoms with E-state index in [0.717, 1.165) is 31.2 Å². The number of nitrogens with zero attached hydrogens (tertiary/aromatic N) is 5. The number of piperazine rings is 1. The lowest BCUT2D eigenvalue weighted by molar-refractivity contribution is 0.0629. The van der Waals surface area contributed by atoms with Crippen LogP contribution in [0.1, 0.15) is 15.9 Å². The minimum atomic E-state index is -0.413. The average molecular weight is 479 g/mol. The Labute approximate surface area is 207 Å². The van der Waals surface area contributed by atoms with E-state index in [0.29, 0.717) is 30.9 Å². The number of carbonyl (C=O) groups is 1. The van der Waals surface area contributed by atoms with Crippen molar-refractivity contribution in [1.29, 1.82) is 0 Å². The topological polar surface area (TPSA) is 45.3 Å². The quantitative estimate of drug-likeness (QED) is 0.658. The molecule has 2 aliphatic rings. The van der Waals surface area contributed by atoms with Gasteiger partial charge in [0.1, 0.15) is 11.6 Å². The lowest BCUT2D eigenvalue weighted by Crippen LogP contribution is -2.48. The van der Waals surface area contributed by atoms with E-state index in [1.807, 2.05) is 49.1 Å². The van der Waals surface area contributed by atoms with Gasteiger partial charge in [-0.25, -0.2) is 4.39 Å². The number of hydrogen-bond acceptors (Lipinski definition) is 6. The molecular weight excluding hydrogens is 443 g/mol. The van der Waals surface area contributed by atoms with Crippen LogP contribution in [0.2, 0.25) is 0 Å². The largest absolute Gasteiger partial charge is 0.379 e. The molecule has 1 saturated heterocycles. The second-order valence-electron chi connectivity index (χ2n) is 9.38. The fourth-order valence-corrected chi connectivity index (χ4v) is 4.42. The normalized spacial score (nSPS) is 16.5. The van der Waals surface area contributed by atoms with Crippen molar-refractivity contribution in [2.45, 2.75) is 6.54 Å². The van der Waals surface area contributed by atoms with Crippen LogP contribution in [0.3, 0.4) is 0 Å². The summed E-state index contributed by atoms with van der Waals surface area (Å²) in [4.78, 5) is 23.6. The zero-order valence-electron chi connectivity index (χ0n) is 21.1. The third-order valence-electron chi connectivity index (χ3n) is 6.76. The van der Waals surface area contributed by atoms with E-state index < -0.39 is 5.82 Å². The Kier molecular flexibility index (Phi) is 7.31. The van der Waals surface area contributed by atoms with Crippen molar-refractivity contribution in [3.63, 3.8) is 0 Å². The number of halogens is 1.